The maximum absolute atomic E-state index is 6.15. The van der Waals surface area contributed by atoms with E-state index < -0.39 is 0 Å². The molecule has 2 N–H and O–H groups in total. The van der Waals surface area contributed by atoms with Gasteiger partial charge in [0, 0.05) is 5.70 Å². The quantitative estimate of drug-likeness (QED) is 0.574. The number of hydrogen-bond donors (Lipinski definition) is 1. The molecule has 0 rings (SSSR count). The Morgan fingerprint density at radius 2 is 1.65 bits per heavy atom. The first-order valence-corrected chi connectivity index (χ1v) is 5.71. The number of rotatable bonds is 4. The minimum atomic E-state index is 0.528. The molecule has 0 aromatic heterocycles. The van der Waals surface area contributed by atoms with Crippen molar-refractivity contribution in [2.75, 3.05) is 0 Å². The van der Waals surface area contributed by atoms with Gasteiger partial charge in [-0.25, -0.2) is 0 Å². The van der Waals surface area contributed by atoms with Gasteiger partial charge in [0.05, 0.1) is 0 Å². The number of allylic oxidation sites excluding steroid dienone is 8. The van der Waals surface area contributed by atoms with E-state index in [1.54, 1.807) is 0 Å². The highest BCUT2D eigenvalue weighted by molar-refractivity contribution is 6.25. The van der Waals surface area contributed by atoms with E-state index in [0.29, 0.717) is 5.70 Å². The van der Waals surface area contributed by atoms with Gasteiger partial charge >= 0.3 is 0 Å². The Hall–Kier alpha value is -1.44. The molecule has 17 heavy (non-hydrogen) atoms. The van der Waals surface area contributed by atoms with E-state index in [1.807, 2.05) is 39.0 Å². The molecule has 0 aliphatic heterocycles. The maximum Gasteiger partial charge on any atom is 0.114 e. The lowest BCUT2D eigenvalue weighted by atomic mass is 9.80. The predicted octanol–water partition coefficient (Wildman–Crippen LogP) is 3.76. The summed E-state index contributed by atoms with van der Waals surface area (Å²) in [7, 11) is 6.15. The largest absolute Gasteiger partial charge is 0.399 e. The molecule has 0 bridgehead atoms. The zero-order chi connectivity index (χ0) is 13.6. The van der Waals surface area contributed by atoms with Crippen LogP contribution in [0.3, 0.4) is 0 Å². The monoisotopic (exact) mass is 227 g/mol. The molecule has 0 aliphatic rings. The Balaban J connectivity index is 5.66. The molecule has 0 fully saturated rings. The van der Waals surface area contributed by atoms with Crippen LogP contribution in [0.15, 0.2) is 58.3 Å². The summed E-state index contributed by atoms with van der Waals surface area (Å²) < 4.78 is 0. The standard InChI is InChI=1S/C15H22BN/c1-7-8-14(9-11(4)17)13(6)15(16)12(5)10(2)3/h7-9H,4,17H2,1-3,5-6H3/b8-7-,14-9+,15-13-. The molecule has 0 aromatic rings. The first kappa shape index (κ1) is 15.6. The molecular formula is C15H22BN. The minimum absolute atomic E-state index is 0.528. The van der Waals surface area contributed by atoms with E-state index in [4.69, 9.17) is 13.6 Å². The normalized spacial score (nSPS) is 13.6. The lowest BCUT2D eigenvalue weighted by Gasteiger charge is -2.12. The van der Waals surface area contributed by atoms with Crippen molar-refractivity contribution < 1.29 is 0 Å². The lowest BCUT2D eigenvalue weighted by molar-refractivity contribution is 1.25. The van der Waals surface area contributed by atoms with Gasteiger partial charge < -0.3 is 5.73 Å². The highest BCUT2D eigenvalue weighted by Gasteiger charge is 2.03. The third-order valence-electron chi connectivity index (χ3n) is 2.68. The molecule has 0 saturated carbocycles. The third-order valence-corrected chi connectivity index (χ3v) is 2.68. The molecule has 2 radical (unpaired) electrons. The van der Waals surface area contributed by atoms with Crippen molar-refractivity contribution in [1.29, 1.82) is 0 Å². The van der Waals surface area contributed by atoms with E-state index in [0.717, 1.165) is 22.2 Å². The predicted molar refractivity (Wildman–Crippen MR) is 78.7 cm³/mol. The highest BCUT2D eigenvalue weighted by atomic mass is 14.5. The smallest absolute Gasteiger partial charge is 0.114 e. The van der Waals surface area contributed by atoms with Gasteiger partial charge in [0.25, 0.3) is 0 Å². The Kier molecular flexibility index (Phi) is 6.41. The number of nitrogens with two attached hydrogens (primary N) is 1. The summed E-state index contributed by atoms with van der Waals surface area (Å²) in [6.07, 6.45) is 5.78. The SMILES string of the molecule is [B]\C(C(C)=C(C)C)=C(C)/C(/C=C\C)=C/C(=C)N. The van der Waals surface area contributed by atoms with Gasteiger partial charge in [-0.05, 0) is 46.3 Å². The minimum Gasteiger partial charge on any atom is -0.399 e. The Morgan fingerprint density at radius 3 is 2.00 bits per heavy atom. The molecule has 0 aliphatic carbocycles. The van der Waals surface area contributed by atoms with E-state index in [9.17, 15) is 0 Å². The van der Waals surface area contributed by atoms with Crippen LogP contribution in [-0.2, 0) is 0 Å². The third kappa shape index (κ3) is 4.94. The van der Waals surface area contributed by atoms with Crippen LogP contribution in [-0.4, -0.2) is 7.85 Å². The van der Waals surface area contributed by atoms with Crippen molar-refractivity contribution in [3.63, 3.8) is 0 Å². The molecule has 0 heterocycles. The van der Waals surface area contributed by atoms with Crippen LogP contribution >= 0.6 is 0 Å². The van der Waals surface area contributed by atoms with Crippen LogP contribution < -0.4 is 5.73 Å². The van der Waals surface area contributed by atoms with Crippen LogP contribution in [0.4, 0.5) is 0 Å². The average molecular weight is 227 g/mol. The van der Waals surface area contributed by atoms with Gasteiger partial charge in [0.15, 0.2) is 0 Å². The zero-order valence-corrected chi connectivity index (χ0v) is 11.6. The van der Waals surface area contributed by atoms with Crippen LogP contribution in [0.25, 0.3) is 0 Å². The highest BCUT2D eigenvalue weighted by Crippen LogP contribution is 2.21. The molecule has 0 atom stereocenters. The molecule has 1 nitrogen and oxygen atoms in total. The van der Waals surface area contributed by atoms with Crippen molar-refractivity contribution in [2.45, 2.75) is 34.6 Å². The van der Waals surface area contributed by atoms with Gasteiger partial charge in [-0.15, -0.1) is 0 Å². The van der Waals surface area contributed by atoms with Crippen LogP contribution in [0.2, 0.25) is 0 Å². The molecule has 2 heteroatoms. The summed E-state index contributed by atoms with van der Waals surface area (Å²) in [4.78, 5) is 0. The summed E-state index contributed by atoms with van der Waals surface area (Å²) >= 11 is 0. The molecule has 90 valence electrons. The van der Waals surface area contributed by atoms with Crippen molar-refractivity contribution in [1.82, 2.24) is 0 Å². The summed E-state index contributed by atoms with van der Waals surface area (Å²) in [5.41, 5.74) is 11.3. The molecule has 0 amide bonds. The van der Waals surface area contributed by atoms with Crippen molar-refractivity contribution >= 4 is 7.85 Å². The second kappa shape index (κ2) is 7.00. The lowest BCUT2D eigenvalue weighted by Crippen LogP contribution is -1.97. The van der Waals surface area contributed by atoms with Gasteiger partial charge in [-0.1, -0.05) is 40.9 Å². The van der Waals surface area contributed by atoms with Crippen LogP contribution in [0.1, 0.15) is 34.6 Å². The molecule has 0 aromatic carbocycles. The second-order valence-corrected chi connectivity index (χ2v) is 4.34. The summed E-state index contributed by atoms with van der Waals surface area (Å²) in [5, 5.41) is 0. The fourth-order valence-electron chi connectivity index (χ4n) is 1.37. The van der Waals surface area contributed by atoms with Crippen molar-refractivity contribution in [3.05, 3.63) is 58.3 Å². The topological polar surface area (TPSA) is 26.0 Å². The van der Waals surface area contributed by atoms with Crippen LogP contribution in [0, 0.1) is 0 Å². The van der Waals surface area contributed by atoms with E-state index in [-0.39, 0.29) is 0 Å². The molecular weight excluding hydrogens is 205 g/mol. The first-order chi connectivity index (χ1) is 7.81. The van der Waals surface area contributed by atoms with Crippen LogP contribution in [0.5, 0.6) is 0 Å². The summed E-state index contributed by atoms with van der Waals surface area (Å²) in [6, 6.07) is 0. The fourth-order valence-corrected chi connectivity index (χ4v) is 1.37. The van der Waals surface area contributed by atoms with Gasteiger partial charge in [-0.3, -0.25) is 0 Å². The van der Waals surface area contributed by atoms with Gasteiger partial charge in [-0.2, -0.15) is 0 Å². The molecule has 0 saturated heterocycles. The average Bonchev–Trinajstić information content (AvgIpc) is 2.24. The molecule has 0 spiro atoms. The van der Waals surface area contributed by atoms with Crippen molar-refractivity contribution in [2.24, 2.45) is 5.73 Å². The Bertz CT molecular complexity index is 416. The fraction of sp³-hybridized carbons (Fsp3) is 0.333. The zero-order valence-electron chi connectivity index (χ0n) is 11.6. The molecule has 0 unspecified atom stereocenters. The van der Waals surface area contributed by atoms with E-state index >= 15 is 0 Å². The number of hydrogen-bond acceptors (Lipinski definition) is 1. The van der Waals surface area contributed by atoms with Gasteiger partial charge in [0.1, 0.15) is 7.85 Å². The van der Waals surface area contributed by atoms with E-state index in [2.05, 4.69) is 20.4 Å². The first-order valence-electron chi connectivity index (χ1n) is 5.71. The summed E-state index contributed by atoms with van der Waals surface area (Å²) in [5.74, 6) is 0. The Morgan fingerprint density at radius 1 is 1.12 bits per heavy atom. The van der Waals surface area contributed by atoms with Gasteiger partial charge in [0.2, 0.25) is 0 Å². The summed E-state index contributed by atoms with van der Waals surface area (Å²) in [6.45, 7) is 13.8. The maximum atomic E-state index is 6.15. The van der Waals surface area contributed by atoms with E-state index in [1.165, 1.54) is 5.57 Å². The Labute approximate surface area is 107 Å². The van der Waals surface area contributed by atoms with Crippen molar-refractivity contribution in [3.8, 4) is 0 Å². The second-order valence-electron chi connectivity index (χ2n) is 4.34.